The molecule has 2 unspecified atom stereocenters. The zero-order chi connectivity index (χ0) is 42.8. The first-order valence-corrected chi connectivity index (χ1v) is 24.5. The number of methoxy groups -OCH3 is 1. The number of alkyl carbamates (subject to hydrolysis) is 1. The number of thioether (sulfide) groups is 2. The standard InChI is InChI=1S/C34H44N6O4S.C12H21NO2S/c1-22(2)28(39-31(42)43-3)30(41)40-26(20-45-34(40)14-16-44-17-15-34)29-36-19-27(38-29)33-11-8-32(9-12-33,10-13-33)24-6-4-23(5-7-24)25-18-35-21-37-25;1-10(2)9-11(14)13-5-8-16-12(13)3-6-15-7-4-12/h4-7,18-19,21-22,26,28H,8-17,20H2,1-3H3,(H,35,37)(H,36,38)(H,39,42);10H,3-9H2,1-2H3. The lowest BCUT2D eigenvalue weighted by Gasteiger charge is -2.53. The summed E-state index contributed by atoms with van der Waals surface area (Å²) in [5, 5.41) is 2.81. The highest BCUT2D eigenvalue weighted by Crippen LogP contribution is 2.59. The summed E-state index contributed by atoms with van der Waals surface area (Å²) in [6.45, 7) is 11.9. The number of nitrogens with zero attached hydrogens (tertiary/aromatic N) is 4. The lowest BCUT2D eigenvalue weighted by molar-refractivity contribution is -0.142. The van der Waals surface area contributed by atoms with Gasteiger partial charge in [0.05, 0.1) is 35.1 Å². The number of benzene rings is 1. The van der Waals surface area contributed by atoms with Gasteiger partial charge in [0, 0.05) is 93.9 Å². The summed E-state index contributed by atoms with van der Waals surface area (Å²) < 4.78 is 16.0. The number of fused-ring (bicyclic) bond motifs is 3. The Morgan fingerprint density at radius 2 is 1.51 bits per heavy atom. The molecule has 15 heteroatoms. The number of carbonyl (C=O) groups excluding carboxylic acids is 3. The topological polar surface area (TPSA) is 155 Å². The Kier molecular flexibility index (Phi) is 13.2. The first-order valence-electron chi connectivity index (χ1n) is 22.5. The molecular weight excluding hydrogens is 811 g/mol. The molecule has 332 valence electrons. The Morgan fingerprint density at radius 1 is 0.869 bits per heavy atom. The maximum Gasteiger partial charge on any atom is 0.407 e. The second kappa shape index (κ2) is 18.3. The molecule has 7 fully saturated rings. The second-order valence-electron chi connectivity index (χ2n) is 18.8. The third-order valence-corrected chi connectivity index (χ3v) is 17.7. The van der Waals surface area contributed by atoms with Crippen LogP contribution in [0.4, 0.5) is 4.79 Å². The molecule has 61 heavy (non-hydrogen) atoms. The predicted molar refractivity (Wildman–Crippen MR) is 239 cm³/mol. The first kappa shape index (κ1) is 44.1. The van der Waals surface area contributed by atoms with Crippen molar-refractivity contribution in [1.29, 1.82) is 0 Å². The summed E-state index contributed by atoms with van der Waals surface area (Å²) >= 11 is 3.78. The van der Waals surface area contributed by atoms with Crippen LogP contribution in [0.15, 0.2) is 43.0 Å². The molecule has 1 aromatic carbocycles. The minimum atomic E-state index is -0.690. The van der Waals surface area contributed by atoms with Crippen LogP contribution in [-0.4, -0.2) is 115 Å². The molecule has 3 amide bonds. The van der Waals surface area contributed by atoms with Crippen molar-refractivity contribution >= 4 is 41.4 Å². The average Bonchev–Trinajstić information content (AvgIpc) is 4.12. The molecule has 13 nitrogen and oxygen atoms in total. The molecule has 2 bridgehead atoms. The third kappa shape index (κ3) is 8.74. The van der Waals surface area contributed by atoms with Gasteiger partial charge < -0.3 is 39.3 Å². The van der Waals surface area contributed by atoms with Gasteiger partial charge in [0.2, 0.25) is 11.8 Å². The van der Waals surface area contributed by atoms with E-state index in [0.29, 0.717) is 31.5 Å². The van der Waals surface area contributed by atoms with E-state index in [1.165, 1.54) is 23.9 Å². The van der Waals surface area contributed by atoms with Crippen molar-refractivity contribution in [1.82, 2.24) is 35.1 Å². The fourth-order valence-corrected chi connectivity index (χ4v) is 13.9. The van der Waals surface area contributed by atoms with Crippen LogP contribution in [0.1, 0.15) is 121 Å². The zero-order valence-corrected chi connectivity index (χ0v) is 38.3. The smallest absolute Gasteiger partial charge is 0.407 e. The predicted octanol–water partition coefficient (Wildman–Crippen LogP) is 7.96. The van der Waals surface area contributed by atoms with Crippen LogP contribution in [0.3, 0.4) is 0 Å². The van der Waals surface area contributed by atoms with Gasteiger partial charge in [-0.1, -0.05) is 52.0 Å². The maximum absolute atomic E-state index is 14.3. The van der Waals surface area contributed by atoms with Crippen molar-refractivity contribution in [3.05, 3.63) is 60.1 Å². The van der Waals surface area contributed by atoms with Crippen LogP contribution in [-0.2, 0) is 34.6 Å². The Hall–Kier alpha value is -3.53. The summed E-state index contributed by atoms with van der Waals surface area (Å²) in [4.78, 5) is 58.7. The zero-order valence-electron chi connectivity index (χ0n) is 36.6. The van der Waals surface area contributed by atoms with Gasteiger partial charge in [-0.05, 0) is 66.9 Å². The van der Waals surface area contributed by atoms with Crippen molar-refractivity contribution in [2.45, 2.75) is 131 Å². The molecular formula is C46H65N7O6S2. The lowest BCUT2D eigenvalue weighted by Crippen LogP contribution is -2.58. The molecule has 6 heterocycles. The fraction of sp³-hybridized carbons (Fsp3) is 0.674. The molecule has 3 aliphatic carbocycles. The largest absolute Gasteiger partial charge is 0.453 e. The number of aromatic amines is 2. The van der Waals surface area contributed by atoms with Gasteiger partial charge in [0.25, 0.3) is 0 Å². The fourth-order valence-electron chi connectivity index (χ4n) is 10.9. The minimum Gasteiger partial charge on any atom is -0.453 e. The van der Waals surface area contributed by atoms with E-state index in [1.807, 2.05) is 54.7 Å². The van der Waals surface area contributed by atoms with Crippen LogP contribution in [0, 0.1) is 11.8 Å². The van der Waals surface area contributed by atoms with E-state index in [1.54, 1.807) is 6.33 Å². The Balaban J connectivity index is 0.000000269. The van der Waals surface area contributed by atoms with E-state index in [4.69, 9.17) is 19.2 Å². The number of ether oxygens (including phenoxy) is 3. The van der Waals surface area contributed by atoms with Crippen LogP contribution in [0.5, 0.6) is 0 Å². The molecule has 4 aliphatic heterocycles. The van der Waals surface area contributed by atoms with Gasteiger partial charge in [-0.15, -0.1) is 23.5 Å². The molecule has 2 aromatic heterocycles. The molecule has 3 saturated carbocycles. The molecule has 0 radical (unpaired) electrons. The van der Waals surface area contributed by atoms with Crippen molar-refractivity contribution in [3.63, 3.8) is 0 Å². The summed E-state index contributed by atoms with van der Waals surface area (Å²) in [6.07, 6.45) is 16.1. The number of amides is 3. The average molecular weight is 876 g/mol. The molecule has 4 saturated heterocycles. The van der Waals surface area contributed by atoms with Crippen molar-refractivity contribution < 1.29 is 28.6 Å². The van der Waals surface area contributed by atoms with Gasteiger partial charge in [0.15, 0.2) is 0 Å². The molecule has 10 rings (SSSR count). The van der Waals surface area contributed by atoms with Crippen LogP contribution in [0.2, 0.25) is 0 Å². The molecule has 2 spiro atoms. The van der Waals surface area contributed by atoms with Gasteiger partial charge >= 0.3 is 6.09 Å². The van der Waals surface area contributed by atoms with E-state index >= 15 is 0 Å². The van der Waals surface area contributed by atoms with Crippen LogP contribution < -0.4 is 5.32 Å². The number of rotatable bonds is 9. The van der Waals surface area contributed by atoms with E-state index < -0.39 is 12.1 Å². The van der Waals surface area contributed by atoms with E-state index in [-0.39, 0.29) is 38.4 Å². The highest BCUT2D eigenvalue weighted by Gasteiger charge is 2.55. The Bertz CT molecular complexity index is 1950. The number of hydrogen-bond donors (Lipinski definition) is 3. The third-order valence-electron chi connectivity index (χ3n) is 14.5. The molecule has 2 atom stereocenters. The van der Waals surface area contributed by atoms with Crippen LogP contribution in [0.25, 0.3) is 11.3 Å². The number of carbonyl (C=O) groups is 3. The highest BCUT2D eigenvalue weighted by atomic mass is 32.2. The summed E-state index contributed by atoms with van der Waals surface area (Å²) in [7, 11) is 1.33. The normalized spacial score (nSPS) is 27.0. The van der Waals surface area contributed by atoms with Crippen LogP contribution >= 0.6 is 23.5 Å². The number of nitrogens with one attached hydrogen (secondary N) is 3. The van der Waals surface area contributed by atoms with E-state index in [9.17, 15) is 14.4 Å². The lowest BCUT2D eigenvalue weighted by atomic mass is 9.51. The quantitative estimate of drug-likeness (QED) is 0.193. The van der Waals surface area contributed by atoms with E-state index in [0.717, 1.165) is 107 Å². The number of hydrogen-bond acceptors (Lipinski definition) is 10. The van der Waals surface area contributed by atoms with Crippen molar-refractivity contribution in [3.8, 4) is 11.3 Å². The SMILES string of the molecule is CC(C)CC(=O)N1CCSC12CCOCC2.COC(=O)NC(C(=O)N1C(c2ncc(C34CCC(c5ccc(-c6cnc[nH]6)cc5)(CC3)CC4)[nH]2)CSC12CCOCC2)C(C)C. The Labute approximate surface area is 369 Å². The number of imidazole rings is 2. The van der Waals surface area contributed by atoms with Crippen molar-refractivity contribution in [2.24, 2.45) is 11.8 Å². The highest BCUT2D eigenvalue weighted by molar-refractivity contribution is 8.01. The minimum absolute atomic E-state index is 0.0736. The van der Waals surface area contributed by atoms with Gasteiger partial charge in [-0.25, -0.2) is 14.8 Å². The molecule has 7 aliphatic rings. The second-order valence-corrected chi connectivity index (χ2v) is 21.6. The first-order chi connectivity index (χ1) is 29.4. The van der Waals surface area contributed by atoms with Crippen molar-refractivity contribution in [2.75, 3.05) is 51.6 Å². The number of aromatic nitrogens is 4. The Morgan fingerprint density at radius 3 is 2.10 bits per heavy atom. The summed E-state index contributed by atoms with van der Waals surface area (Å²) in [6, 6.07) is 8.18. The maximum atomic E-state index is 14.3. The van der Waals surface area contributed by atoms with Gasteiger partial charge in [-0.2, -0.15) is 0 Å². The molecule has 3 N–H and O–H groups in total. The summed E-state index contributed by atoms with van der Waals surface area (Å²) in [5.41, 5.74) is 5.19. The summed E-state index contributed by atoms with van der Waals surface area (Å²) in [5.74, 6) is 3.30. The monoisotopic (exact) mass is 875 g/mol. The number of H-pyrrole nitrogens is 2. The van der Waals surface area contributed by atoms with Gasteiger partial charge in [0.1, 0.15) is 17.9 Å². The van der Waals surface area contributed by atoms with Gasteiger partial charge in [-0.3, -0.25) is 9.59 Å². The van der Waals surface area contributed by atoms with E-state index in [2.05, 4.69) is 63.3 Å². The molecule has 3 aromatic rings.